The smallest absolute Gasteiger partial charge is 0.254 e. The lowest BCUT2D eigenvalue weighted by Gasteiger charge is -2.21. The Bertz CT molecular complexity index is 429. The van der Waals surface area contributed by atoms with Gasteiger partial charge in [0, 0.05) is 13.1 Å². The number of aryl methyl sites for hydroxylation is 1. The standard InChI is InChI=1S/C12H19N5O/c1-8-9(11(14)18)10(13)16-12(15-8)17-6-4-2-3-5-7-17/h2-7H2,1H3,(H2,14,18)(H2,13,15,16). The van der Waals surface area contributed by atoms with Crippen molar-refractivity contribution in [2.45, 2.75) is 32.6 Å². The predicted octanol–water partition coefficient (Wildman–Crippen LogP) is 0.847. The molecule has 0 aromatic carbocycles. The van der Waals surface area contributed by atoms with Gasteiger partial charge in [0.15, 0.2) is 0 Å². The van der Waals surface area contributed by atoms with Gasteiger partial charge in [0.25, 0.3) is 5.91 Å². The lowest BCUT2D eigenvalue weighted by atomic mass is 10.2. The van der Waals surface area contributed by atoms with Crippen molar-refractivity contribution >= 4 is 17.7 Å². The Morgan fingerprint density at radius 1 is 1.17 bits per heavy atom. The first kappa shape index (κ1) is 12.6. The van der Waals surface area contributed by atoms with Crippen molar-refractivity contribution in [3.05, 3.63) is 11.3 Å². The molecule has 1 amide bonds. The van der Waals surface area contributed by atoms with Crippen molar-refractivity contribution in [1.29, 1.82) is 0 Å². The van der Waals surface area contributed by atoms with Gasteiger partial charge in [-0.25, -0.2) is 4.98 Å². The van der Waals surface area contributed by atoms with Gasteiger partial charge in [-0.2, -0.15) is 4.98 Å². The van der Waals surface area contributed by atoms with Crippen LogP contribution in [0.3, 0.4) is 0 Å². The molecule has 0 radical (unpaired) electrons. The summed E-state index contributed by atoms with van der Waals surface area (Å²) in [6, 6.07) is 0. The number of hydrogen-bond donors (Lipinski definition) is 2. The summed E-state index contributed by atoms with van der Waals surface area (Å²) < 4.78 is 0. The Hall–Kier alpha value is -1.85. The molecule has 0 saturated carbocycles. The summed E-state index contributed by atoms with van der Waals surface area (Å²) in [5, 5.41) is 0. The molecule has 1 aliphatic heterocycles. The van der Waals surface area contributed by atoms with Crippen LogP contribution in [0.4, 0.5) is 11.8 Å². The lowest BCUT2D eigenvalue weighted by molar-refractivity contribution is 0.1000. The molecule has 98 valence electrons. The average Bonchev–Trinajstić information content (AvgIpc) is 2.55. The highest BCUT2D eigenvalue weighted by atomic mass is 16.1. The van der Waals surface area contributed by atoms with Gasteiger partial charge in [-0.3, -0.25) is 4.79 Å². The molecule has 4 N–H and O–H groups in total. The first-order valence-corrected chi connectivity index (χ1v) is 6.28. The van der Waals surface area contributed by atoms with Crippen molar-refractivity contribution in [2.75, 3.05) is 23.7 Å². The topological polar surface area (TPSA) is 98.1 Å². The van der Waals surface area contributed by atoms with Crippen LogP contribution in [0.1, 0.15) is 41.7 Å². The molecule has 0 unspecified atom stereocenters. The van der Waals surface area contributed by atoms with Gasteiger partial charge < -0.3 is 16.4 Å². The first-order chi connectivity index (χ1) is 8.59. The number of amides is 1. The molecule has 1 aliphatic rings. The van der Waals surface area contributed by atoms with E-state index in [1.54, 1.807) is 6.92 Å². The van der Waals surface area contributed by atoms with Gasteiger partial charge >= 0.3 is 0 Å². The van der Waals surface area contributed by atoms with Crippen LogP contribution in [0, 0.1) is 6.92 Å². The van der Waals surface area contributed by atoms with E-state index < -0.39 is 5.91 Å². The molecule has 1 aromatic heterocycles. The maximum absolute atomic E-state index is 11.2. The van der Waals surface area contributed by atoms with Crippen molar-refractivity contribution < 1.29 is 4.79 Å². The van der Waals surface area contributed by atoms with Crippen LogP contribution in [-0.4, -0.2) is 29.0 Å². The number of aromatic nitrogens is 2. The average molecular weight is 249 g/mol. The third-order valence-corrected chi connectivity index (χ3v) is 3.24. The molecule has 6 heteroatoms. The third kappa shape index (κ3) is 2.52. The molecule has 0 atom stereocenters. The predicted molar refractivity (Wildman–Crippen MR) is 70.4 cm³/mol. The zero-order chi connectivity index (χ0) is 13.1. The number of carbonyl (C=O) groups is 1. The number of anilines is 2. The fraction of sp³-hybridized carbons (Fsp3) is 0.583. The summed E-state index contributed by atoms with van der Waals surface area (Å²) >= 11 is 0. The SMILES string of the molecule is Cc1nc(N2CCCCCC2)nc(N)c1C(N)=O. The number of primary amides is 1. The fourth-order valence-electron chi connectivity index (χ4n) is 2.30. The van der Waals surface area contributed by atoms with Crippen molar-refractivity contribution in [2.24, 2.45) is 5.73 Å². The second-order valence-electron chi connectivity index (χ2n) is 4.63. The minimum Gasteiger partial charge on any atom is -0.383 e. The van der Waals surface area contributed by atoms with Gasteiger partial charge in [-0.1, -0.05) is 12.8 Å². The van der Waals surface area contributed by atoms with Crippen LogP contribution >= 0.6 is 0 Å². The number of hydrogen-bond acceptors (Lipinski definition) is 5. The fourth-order valence-corrected chi connectivity index (χ4v) is 2.30. The Labute approximate surface area is 106 Å². The van der Waals surface area contributed by atoms with Gasteiger partial charge in [0.2, 0.25) is 5.95 Å². The lowest BCUT2D eigenvalue weighted by Crippen LogP contribution is -2.28. The highest BCUT2D eigenvalue weighted by Crippen LogP contribution is 2.20. The highest BCUT2D eigenvalue weighted by Gasteiger charge is 2.18. The summed E-state index contributed by atoms with van der Waals surface area (Å²) in [7, 11) is 0. The molecule has 0 spiro atoms. The van der Waals surface area contributed by atoms with E-state index in [9.17, 15) is 4.79 Å². The van der Waals surface area contributed by atoms with Gasteiger partial charge in [0.05, 0.1) is 5.69 Å². The van der Waals surface area contributed by atoms with E-state index in [0.29, 0.717) is 11.6 Å². The van der Waals surface area contributed by atoms with Gasteiger partial charge in [0.1, 0.15) is 11.4 Å². The maximum atomic E-state index is 11.2. The van der Waals surface area contributed by atoms with Crippen LogP contribution in [0.25, 0.3) is 0 Å². The molecule has 2 heterocycles. The summed E-state index contributed by atoms with van der Waals surface area (Å²) in [5.41, 5.74) is 11.8. The number of carbonyl (C=O) groups excluding carboxylic acids is 1. The molecular formula is C12H19N5O. The summed E-state index contributed by atoms with van der Waals surface area (Å²) in [6.45, 7) is 3.61. The van der Waals surface area contributed by atoms with E-state index in [0.717, 1.165) is 25.9 Å². The zero-order valence-electron chi connectivity index (χ0n) is 10.6. The maximum Gasteiger partial charge on any atom is 0.254 e. The largest absolute Gasteiger partial charge is 0.383 e. The normalized spacial score (nSPS) is 16.4. The second-order valence-corrected chi connectivity index (χ2v) is 4.63. The first-order valence-electron chi connectivity index (χ1n) is 6.28. The molecule has 1 saturated heterocycles. The van der Waals surface area contributed by atoms with Crippen molar-refractivity contribution in [3.63, 3.8) is 0 Å². The van der Waals surface area contributed by atoms with Crippen LogP contribution in [0.15, 0.2) is 0 Å². The molecule has 0 bridgehead atoms. The Morgan fingerprint density at radius 2 is 1.78 bits per heavy atom. The van der Waals surface area contributed by atoms with Crippen LogP contribution in [-0.2, 0) is 0 Å². The molecule has 18 heavy (non-hydrogen) atoms. The highest BCUT2D eigenvalue weighted by molar-refractivity contribution is 5.98. The van der Waals surface area contributed by atoms with E-state index in [-0.39, 0.29) is 11.4 Å². The Balaban J connectivity index is 2.31. The van der Waals surface area contributed by atoms with E-state index >= 15 is 0 Å². The molecule has 1 fully saturated rings. The Morgan fingerprint density at radius 3 is 2.28 bits per heavy atom. The molecule has 6 nitrogen and oxygen atoms in total. The van der Waals surface area contributed by atoms with Crippen LogP contribution in [0.5, 0.6) is 0 Å². The summed E-state index contributed by atoms with van der Waals surface area (Å²) in [5.74, 6) is 0.207. The van der Waals surface area contributed by atoms with Crippen LogP contribution < -0.4 is 16.4 Å². The zero-order valence-corrected chi connectivity index (χ0v) is 10.6. The summed E-state index contributed by atoms with van der Waals surface area (Å²) in [4.78, 5) is 21.9. The number of nitrogen functional groups attached to an aromatic ring is 1. The number of nitrogens with zero attached hydrogens (tertiary/aromatic N) is 3. The van der Waals surface area contributed by atoms with E-state index in [4.69, 9.17) is 11.5 Å². The van der Waals surface area contributed by atoms with E-state index in [2.05, 4.69) is 14.9 Å². The Kier molecular flexibility index (Phi) is 3.64. The molecule has 1 aromatic rings. The number of rotatable bonds is 2. The number of nitrogens with two attached hydrogens (primary N) is 2. The molecular weight excluding hydrogens is 230 g/mol. The third-order valence-electron chi connectivity index (χ3n) is 3.24. The van der Waals surface area contributed by atoms with E-state index in [1.807, 2.05) is 0 Å². The van der Waals surface area contributed by atoms with E-state index in [1.165, 1.54) is 12.8 Å². The van der Waals surface area contributed by atoms with Crippen LogP contribution in [0.2, 0.25) is 0 Å². The molecule has 2 rings (SSSR count). The van der Waals surface area contributed by atoms with Crippen molar-refractivity contribution in [3.8, 4) is 0 Å². The van der Waals surface area contributed by atoms with Gasteiger partial charge in [-0.05, 0) is 19.8 Å². The second kappa shape index (κ2) is 5.20. The monoisotopic (exact) mass is 249 g/mol. The van der Waals surface area contributed by atoms with Gasteiger partial charge in [-0.15, -0.1) is 0 Å². The minimum atomic E-state index is -0.576. The summed E-state index contributed by atoms with van der Waals surface area (Å²) in [6.07, 6.45) is 4.76. The molecule has 0 aliphatic carbocycles. The van der Waals surface area contributed by atoms with Crippen molar-refractivity contribution in [1.82, 2.24) is 9.97 Å². The quantitative estimate of drug-likeness (QED) is 0.809. The minimum absolute atomic E-state index is 0.175.